The fourth-order valence-corrected chi connectivity index (χ4v) is 5.95. The summed E-state index contributed by atoms with van der Waals surface area (Å²) in [7, 11) is -1.92. The molecule has 0 bridgehead atoms. The SMILES string of the molecule is COc1ccc(C2=C[C@@H]3C(=O)N(COCC[Si](C)(C)C)c4cc(CCOS(C)(=O)=O)c(OC)cc4C(=O)N3C2)cc1. The summed E-state index contributed by atoms with van der Waals surface area (Å²) >= 11 is 0. The van der Waals surface area contributed by atoms with Gasteiger partial charge < -0.3 is 19.1 Å². The molecule has 0 fully saturated rings. The van der Waals surface area contributed by atoms with Crippen molar-refractivity contribution in [1.29, 1.82) is 0 Å². The van der Waals surface area contributed by atoms with Crippen molar-refractivity contribution in [3.05, 3.63) is 59.2 Å². The number of ether oxygens (including phenoxy) is 3. The lowest BCUT2D eigenvalue weighted by Crippen LogP contribution is -2.45. The highest BCUT2D eigenvalue weighted by Crippen LogP contribution is 2.38. The van der Waals surface area contributed by atoms with Crippen LogP contribution in [0.3, 0.4) is 0 Å². The molecule has 2 aliphatic rings. The largest absolute Gasteiger partial charge is 0.497 e. The number of amides is 2. The number of carbonyl (C=O) groups excluding carboxylic acids is 2. The summed E-state index contributed by atoms with van der Waals surface area (Å²) in [5.74, 6) is 0.536. The highest BCUT2D eigenvalue weighted by molar-refractivity contribution is 7.85. The van der Waals surface area contributed by atoms with Crippen LogP contribution in [-0.2, 0) is 30.3 Å². The Bertz CT molecular complexity index is 1430. The van der Waals surface area contributed by atoms with Crippen LogP contribution in [-0.4, -0.2) is 86.2 Å². The minimum absolute atomic E-state index is 0.0226. The van der Waals surface area contributed by atoms with Crippen LogP contribution in [0.5, 0.6) is 11.5 Å². The number of anilines is 1. The first kappa shape index (κ1) is 30.8. The van der Waals surface area contributed by atoms with Crippen LogP contribution in [0.25, 0.3) is 5.57 Å². The molecule has 2 amide bonds. The maximum absolute atomic E-state index is 14.1. The number of hydrogen-bond acceptors (Lipinski definition) is 8. The van der Waals surface area contributed by atoms with Crippen LogP contribution in [0.15, 0.2) is 42.5 Å². The molecule has 0 saturated carbocycles. The number of rotatable bonds is 12. The number of nitrogens with zero attached hydrogens (tertiary/aromatic N) is 2. The van der Waals surface area contributed by atoms with E-state index in [1.807, 2.05) is 30.3 Å². The molecule has 2 heterocycles. The molecule has 41 heavy (non-hydrogen) atoms. The van der Waals surface area contributed by atoms with Gasteiger partial charge in [-0.05, 0) is 53.1 Å². The standard InChI is InChI=1S/C29H38N2O8SSi/c1-36-23-9-7-20(8-10-23)22-16-26-29(33)31(19-38-13-14-41(4,5)6)25-15-21(11-12-39-40(3,34)35)27(37-2)17-24(25)28(32)30(26)18-22/h7-10,15-17,26H,11-14,18-19H2,1-6H3/t26-/m1/s1. The predicted octanol–water partition coefficient (Wildman–Crippen LogP) is 3.79. The summed E-state index contributed by atoms with van der Waals surface area (Å²) in [6.45, 7) is 7.38. The van der Waals surface area contributed by atoms with Gasteiger partial charge in [0.05, 0.1) is 38.3 Å². The lowest BCUT2D eigenvalue weighted by molar-refractivity contribution is -0.122. The van der Waals surface area contributed by atoms with Crippen LogP contribution in [0.4, 0.5) is 5.69 Å². The first-order valence-corrected chi connectivity index (χ1v) is 18.9. The van der Waals surface area contributed by atoms with Crippen molar-refractivity contribution in [3.8, 4) is 11.5 Å². The van der Waals surface area contributed by atoms with E-state index in [-0.39, 0.29) is 38.1 Å². The average molecular weight is 603 g/mol. The Morgan fingerprint density at radius 3 is 2.32 bits per heavy atom. The Morgan fingerprint density at radius 1 is 1.00 bits per heavy atom. The van der Waals surface area contributed by atoms with Gasteiger partial charge >= 0.3 is 0 Å². The van der Waals surface area contributed by atoms with Crippen LogP contribution in [0.1, 0.15) is 21.5 Å². The van der Waals surface area contributed by atoms with Gasteiger partial charge in [-0.15, -0.1) is 0 Å². The Kier molecular flexibility index (Phi) is 9.27. The molecule has 0 spiro atoms. The van der Waals surface area contributed by atoms with Crippen molar-refractivity contribution in [3.63, 3.8) is 0 Å². The normalized spacial score (nSPS) is 17.2. The Labute approximate surface area is 243 Å². The van der Waals surface area contributed by atoms with Crippen molar-refractivity contribution in [1.82, 2.24) is 4.90 Å². The molecule has 1 atom stereocenters. The maximum atomic E-state index is 14.1. The third-order valence-electron chi connectivity index (χ3n) is 7.08. The summed E-state index contributed by atoms with van der Waals surface area (Å²) in [5.41, 5.74) is 3.08. The second-order valence-corrected chi connectivity index (χ2v) is 18.6. The van der Waals surface area contributed by atoms with Crippen LogP contribution in [0.2, 0.25) is 25.7 Å². The van der Waals surface area contributed by atoms with Crippen molar-refractivity contribution in [2.75, 3.05) is 51.9 Å². The second kappa shape index (κ2) is 12.4. The van der Waals surface area contributed by atoms with E-state index in [0.29, 0.717) is 29.2 Å². The molecule has 0 N–H and O–H groups in total. The van der Waals surface area contributed by atoms with E-state index < -0.39 is 24.2 Å². The molecule has 2 aromatic carbocycles. The molecule has 0 radical (unpaired) electrons. The van der Waals surface area contributed by atoms with E-state index in [0.717, 1.165) is 29.2 Å². The molecule has 2 aromatic rings. The molecule has 222 valence electrons. The van der Waals surface area contributed by atoms with Crippen molar-refractivity contribution >= 4 is 41.3 Å². The summed E-state index contributed by atoms with van der Waals surface area (Å²) < 4.78 is 44.8. The second-order valence-electron chi connectivity index (χ2n) is 11.4. The zero-order valence-electron chi connectivity index (χ0n) is 24.4. The minimum atomic E-state index is -3.63. The quantitative estimate of drug-likeness (QED) is 0.205. The third-order valence-corrected chi connectivity index (χ3v) is 9.38. The Morgan fingerprint density at radius 2 is 1.71 bits per heavy atom. The molecule has 0 unspecified atom stereocenters. The average Bonchev–Trinajstić information content (AvgIpc) is 3.34. The fraction of sp³-hybridized carbons (Fsp3) is 0.448. The summed E-state index contributed by atoms with van der Waals surface area (Å²) in [4.78, 5) is 31.1. The third kappa shape index (κ3) is 7.37. The van der Waals surface area contributed by atoms with E-state index in [4.69, 9.17) is 18.4 Å². The number of benzene rings is 2. The van der Waals surface area contributed by atoms with Crippen LogP contribution < -0.4 is 14.4 Å². The van der Waals surface area contributed by atoms with Crippen molar-refractivity contribution in [2.24, 2.45) is 0 Å². The molecule has 0 aliphatic carbocycles. The van der Waals surface area contributed by atoms with E-state index in [1.165, 1.54) is 12.0 Å². The minimum Gasteiger partial charge on any atom is -0.497 e. The van der Waals surface area contributed by atoms with Gasteiger partial charge in [0.15, 0.2) is 0 Å². The van der Waals surface area contributed by atoms with Gasteiger partial charge in [0, 0.05) is 27.6 Å². The Hall–Kier alpha value is -3.19. The van der Waals surface area contributed by atoms with Gasteiger partial charge in [-0.3, -0.25) is 18.7 Å². The molecule has 12 heteroatoms. The number of methoxy groups -OCH3 is 2. The highest BCUT2D eigenvalue weighted by Gasteiger charge is 2.42. The number of carbonyl (C=O) groups is 2. The van der Waals surface area contributed by atoms with E-state index >= 15 is 0 Å². The van der Waals surface area contributed by atoms with Gasteiger partial charge in [-0.25, -0.2) is 0 Å². The molecule has 4 rings (SSSR count). The van der Waals surface area contributed by atoms with Gasteiger partial charge in [-0.1, -0.05) is 31.8 Å². The highest BCUT2D eigenvalue weighted by atomic mass is 32.2. The lowest BCUT2D eigenvalue weighted by atomic mass is 10.0. The number of hydrogen-bond donors (Lipinski definition) is 0. The van der Waals surface area contributed by atoms with Gasteiger partial charge in [0.2, 0.25) is 0 Å². The van der Waals surface area contributed by atoms with E-state index in [9.17, 15) is 18.0 Å². The van der Waals surface area contributed by atoms with Crippen molar-refractivity contribution in [2.45, 2.75) is 38.1 Å². The topological polar surface area (TPSA) is 112 Å². The molecule has 0 aromatic heterocycles. The first-order chi connectivity index (χ1) is 19.3. The summed E-state index contributed by atoms with van der Waals surface area (Å²) in [6, 6.07) is 10.9. The number of fused-ring (bicyclic) bond motifs is 2. The van der Waals surface area contributed by atoms with E-state index in [1.54, 1.807) is 24.1 Å². The van der Waals surface area contributed by atoms with Gasteiger partial charge in [0.25, 0.3) is 21.9 Å². The van der Waals surface area contributed by atoms with Crippen LogP contribution in [0, 0.1) is 0 Å². The van der Waals surface area contributed by atoms with Gasteiger partial charge in [-0.2, -0.15) is 8.42 Å². The summed E-state index contributed by atoms with van der Waals surface area (Å²) in [6.07, 6.45) is 3.02. The maximum Gasteiger partial charge on any atom is 0.264 e. The Balaban J connectivity index is 1.71. The zero-order chi connectivity index (χ0) is 29.9. The molecular formula is C29H38N2O8SSi. The van der Waals surface area contributed by atoms with Crippen molar-refractivity contribution < 1.29 is 36.4 Å². The molecule has 0 saturated heterocycles. The molecule has 10 nitrogen and oxygen atoms in total. The fourth-order valence-electron chi connectivity index (χ4n) is 4.81. The first-order valence-electron chi connectivity index (χ1n) is 13.4. The van der Waals surface area contributed by atoms with E-state index in [2.05, 4.69) is 19.6 Å². The predicted molar refractivity (Wildman–Crippen MR) is 160 cm³/mol. The molecular weight excluding hydrogens is 564 g/mol. The smallest absolute Gasteiger partial charge is 0.264 e. The molecule has 2 aliphatic heterocycles. The zero-order valence-corrected chi connectivity index (χ0v) is 26.2. The summed E-state index contributed by atoms with van der Waals surface area (Å²) in [5, 5.41) is 0. The van der Waals surface area contributed by atoms with Crippen LogP contribution >= 0.6 is 0 Å². The monoisotopic (exact) mass is 602 g/mol. The van der Waals surface area contributed by atoms with Gasteiger partial charge in [0.1, 0.15) is 24.3 Å². The lowest BCUT2D eigenvalue weighted by Gasteiger charge is -2.26.